The van der Waals surface area contributed by atoms with Crippen molar-refractivity contribution in [2.24, 2.45) is 0 Å². The molecule has 0 saturated heterocycles. The average molecular weight is 634 g/mol. The van der Waals surface area contributed by atoms with Crippen LogP contribution in [-0.2, 0) is 0 Å². The molecule has 0 saturated carbocycles. The first kappa shape index (κ1) is 22.0. The SMILES string of the molecule is [2H]c1c([2H])c([2H])c2c(c1[2H])c1c([2H])c([2H])c([2H])c(-c3ccccc3)c1n2-c1ccc(-c2nc(-c3ccccc3)nc(-c3ccccc3)n2)cc1-c1ccccc1. The fraction of sp³-hybridized carbons (Fsp3) is 0. The van der Waals surface area contributed by atoms with E-state index < -0.39 is 12.1 Å². The molecule has 230 valence electrons. The standard InChI is InChI=1S/C45H30N4/c1-5-16-31(17-6-1)36-25-15-26-38-37-24-13-14-27-40(37)49(42(36)38)41-29-28-35(30-39(41)32-18-7-2-8-19-32)45-47-43(33-20-9-3-10-21-33)46-44(48-45)34-22-11-4-12-23-34/h1-30H/i13D,14D,15D,24D,25D,26D,27D. The monoisotopic (exact) mass is 633 g/mol. The Labute approximate surface area is 294 Å². The van der Waals surface area contributed by atoms with Crippen LogP contribution in [0.3, 0.4) is 0 Å². The number of nitrogens with zero attached hydrogens (tertiary/aromatic N) is 4. The maximum Gasteiger partial charge on any atom is 0.164 e. The largest absolute Gasteiger partial charge is 0.308 e. The highest BCUT2D eigenvalue weighted by atomic mass is 15.0. The van der Waals surface area contributed by atoms with Crippen molar-refractivity contribution in [2.75, 3.05) is 0 Å². The molecule has 0 unspecified atom stereocenters. The Kier molecular flexibility index (Phi) is 5.47. The third-order valence-electron chi connectivity index (χ3n) is 8.56. The van der Waals surface area contributed by atoms with Gasteiger partial charge in [-0.05, 0) is 35.4 Å². The van der Waals surface area contributed by atoms with Crippen molar-refractivity contribution < 1.29 is 9.60 Å². The number of aromatic nitrogens is 4. The van der Waals surface area contributed by atoms with Gasteiger partial charge in [0, 0.05) is 38.6 Å². The molecule has 0 spiro atoms. The lowest BCUT2D eigenvalue weighted by molar-refractivity contribution is 1.07. The third-order valence-corrected chi connectivity index (χ3v) is 8.56. The zero-order chi connectivity index (χ0) is 38.7. The predicted octanol–water partition coefficient (Wildman–Crippen LogP) is 11.3. The number of fused-ring (bicyclic) bond motifs is 3. The molecule has 2 aromatic heterocycles. The molecule has 7 aromatic carbocycles. The van der Waals surface area contributed by atoms with Gasteiger partial charge < -0.3 is 4.57 Å². The van der Waals surface area contributed by atoms with Gasteiger partial charge in [-0.3, -0.25) is 0 Å². The van der Waals surface area contributed by atoms with Gasteiger partial charge in [0.15, 0.2) is 17.5 Å². The average Bonchev–Trinajstić information content (AvgIpc) is 3.61. The summed E-state index contributed by atoms with van der Waals surface area (Å²) in [5.74, 6) is 1.43. The molecular weight excluding hydrogens is 597 g/mol. The second-order valence-corrected chi connectivity index (χ2v) is 11.5. The first-order chi connectivity index (χ1) is 27.2. The van der Waals surface area contributed by atoms with E-state index >= 15 is 0 Å². The number of benzene rings is 7. The van der Waals surface area contributed by atoms with Gasteiger partial charge in [-0.25, -0.2) is 15.0 Å². The normalized spacial score (nSPS) is 13.3. The predicted molar refractivity (Wildman–Crippen MR) is 201 cm³/mol. The van der Waals surface area contributed by atoms with Gasteiger partial charge >= 0.3 is 0 Å². The molecule has 0 radical (unpaired) electrons. The first-order valence-electron chi connectivity index (χ1n) is 19.4. The van der Waals surface area contributed by atoms with Crippen LogP contribution in [0.25, 0.3) is 83.9 Å². The lowest BCUT2D eigenvalue weighted by Gasteiger charge is -2.17. The Hall–Kier alpha value is -6.65. The summed E-state index contributed by atoms with van der Waals surface area (Å²) in [6.45, 7) is 0. The molecule has 9 rings (SSSR count). The second kappa shape index (κ2) is 12.2. The van der Waals surface area contributed by atoms with E-state index in [2.05, 4.69) is 0 Å². The van der Waals surface area contributed by atoms with Gasteiger partial charge in [0.1, 0.15) is 0 Å². The molecule has 0 amide bonds. The zero-order valence-corrected chi connectivity index (χ0v) is 26.1. The maximum atomic E-state index is 9.27. The molecular formula is C45H30N4. The summed E-state index contributed by atoms with van der Waals surface area (Å²) in [7, 11) is 0. The van der Waals surface area contributed by atoms with Crippen molar-refractivity contribution in [3.63, 3.8) is 0 Å². The summed E-state index contributed by atoms with van der Waals surface area (Å²) in [4.78, 5) is 14.8. The summed E-state index contributed by atoms with van der Waals surface area (Å²) in [5.41, 5.74) is 5.79. The van der Waals surface area contributed by atoms with E-state index in [1.165, 1.54) is 0 Å². The van der Waals surface area contributed by atoms with Gasteiger partial charge in [-0.15, -0.1) is 0 Å². The first-order valence-corrected chi connectivity index (χ1v) is 15.9. The Morgan fingerprint density at radius 3 is 1.49 bits per heavy atom. The zero-order valence-electron chi connectivity index (χ0n) is 33.1. The highest BCUT2D eigenvalue weighted by Gasteiger charge is 2.20. The molecule has 9 aromatic rings. The van der Waals surface area contributed by atoms with Gasteiger partial charge in [0.2, 0.25) is 0 Å². The molecule has 49 heavy (non-hydrogen) atoms. The van der Waals surface area contributed by atoms with Crippen LogP contribution in [0, 0.1) is 0 Å². The fourth-order valence-corrected chi connectivity index (χ4v) is 6.28. The van der Waals surface area contributed by atoms with Crippen molar-refractivity contribution >= 4 is 21.8 Å². The third kappa shape index (κ3) is 5.16. The van der Waals surface area contributed by atoms with E-state index in [0.717, 1.165) is 16.7 Å². The van der Waals surface area contributed by atoms with Gasteiger partial charge in [0.05, 0.1) is 26.3 Å². The Morgan fingerprint density at radius 2 is 0.898 bits per heavy atom. The topological polar surface area (TPSA) is 43.6 Å². The molecule has 0 atom stereocenters. The number of rotatable bonds is 6. The number of hydrogen-bond donors (Lipinski definition) is 0. The molecule has 4 nitrogen and oxygen atoms in total. The quantitative estimate of drug-likeness (QED) is 0.183. The smallest absolute Gasteiger partial charge is 0.164 e. The van der Waals surface area contributed by atoms with Crippen LogP contribution in [0.5, 0.6) is 0 Å². The van der Waals surface area contributed by atoms with Crippen LogP contribution in [0.1, 0.15) is 9.60 Å². The lowest BCUT2D eigenvalue weighted by Crippen LogP contribution is -2.02. The van der Waals surface area contributed by atoms with E-state index in [0.29, 0.717) is 50.9 Å². The van der Waals surface area contributed by atoms with Crippen LogP contribution in [0.15, 0.2) is 182 Å². The van der Waals surface area contributed by atoms with E-state index in [-0.39, 0.29) is 46.5 Å². The molecule has 0 aliphatic rings. The molecule has 0 fully saturated rings. The summed E-state index contributed by atoms with van der Waals surface area (Å²) < 4.78 is 64.8. The molecule has 2 heterocycles. The minimum absolute atomic E-state index is 0.113. The maximum absolute atomic E-state index is 9.27. The van der Waals surface area contributed by atoms with Crippen molar-refractivity contribution in [2.45, 2.75) is 0 Å². The van der Waals surface area contributed by atoms with Gasteiger partial charge in [-0.2, -0.15) is 0 Å². The number of para-hydroxylation sites is 2. The van der Waals surface area contributed by atoms with E-state index in [9.17, 15) is 4.11 Å². The van der Waals surface area contributed by atoms with Crippen LogP contribution in [0.2, 0.25) is 0 Å². The van der Waals surface area contributed by atoms with Gasteiger partial charge in [0.25, 0.3) is 0 Å². The summed E-state index contributed by atoms with van der Waals surface area (Å²) in [6, 6.07) is 41.6. The molecule has 0 bridgehead atoms. The highest BCUT2D eigenvalue weighted by Crippen LogP contribution is 2.41. The van der Waals surface area contributed by atoms with Crippen LogP contribution >= 0.6 is 0 Å². The molecule has 0 N–H and O–H groups in total. The fourth-order valence-electron chi connectivity index (χ4n) is 6.28. The van der Waals surface area contributed by atoms with Gasteiger partial charge in [-0.1, -0.05) is 158 Å². The van der Waals surface area contributed by atoms with Crippen molar-refractivity contribution in [3.8, 4) is 62.1 Å². The van der Waals surface area contributed by atoms with Crippen molar-refractivity contribution in [1.82, 2.24) is 19.5 Å². The van der Waals surface area contributed by atoms with E-state index in [1.54, 1.807) is 4.57 Å². The molecule has 0 aliphatic carbocycles. The second-order valence-electron chi connectivity index (χ2n) is 11.5. The minimum atomic E-state index is -0.444. The summed E-state index contributed by atoms with van der Waals surface area (Å²) in [5, 5.41) is 0.287. The van der Waals surface area contributed by atoms with Crippen LogP contribution < -0.4 is 0 Å². The van der Waals surface area contributed by atoms with Crippen molar-refractivity contribution in [1.29, 1.82) is 0 Å². The molecule has 0 aliphatic heterocycles. The summed E-state index contributed by atoms with van der Waals surface area (Å²) in [6.07, 6.45) is 0. The lowest BCUT2D eigenvalue weighted by atomic mass is 9.99. The minimum Gasteiger partial charge on any atom is -0.308 e. The van der Waals surface area contributed by atoms with E-state index in [4.69, 9.17) is 20.4 Å². The van der Waals surface area contributed by atoms with Crippen LogP contribution in [-0.4, -0.2) is 19.5 Å². The highest BCUT2D eigenvalue weighted by molar-refractivity contribution is 6.14. The van der Waals surface area contributed by atoms with Crippen molar-refractivity contribution in [3.05, 3.63) is 182 Å². The molecule has 4 heteroatoms. The number of hydrogen-bond acceptors (Lipinski definition) is 3. The Balaban J connectivity index is 1.41. The van der Waals surface area contributed by atoms with Crippen LogP contribution in [0.4, 0.5) is 0 Å². The Morgan fingerprint density at radius 1 is 0.408 bits per heavy atom. The Bertz CT molecular complexity index is 2920. The van der Waals surface area contributed by atoms with E-state index in [1.807, 2.05) is 140 Å². The summed E-state index contributed by atoms with van der Waals surface area (Å²) >= 11 is 0.